The fraction of sp³-hybridized carbons (Fsp3) is 0.350. The number of hydrogen-bond acceptors (Lipinski definition) is 4. The van der Waals surface area contributed by atoms with E-state index >= 15 is 0 Å². The SMILES string of the molecule is COc1ccc2c(c1)OC[C@H](Cc1cc(C)ccc1OCC(N)=O)C2. The van der Waals surface area contributed by atoms with Crippen molar-refractivity contribution >= 4 is 5.91 Å². The van der Waals surface area contributed by atoms with Crippen molar-refractivity contribution in [3.05, 3.63) is 53.1 Å². The van der Waals surface area contributed by atoms with E-state index in [2.05, 4.69) is 12.1 Å². The predicted molar refractivity (Wildman–Crippen MR) is 95.3 cm³/mol. The summed E-state index contributed by atoms with van der Waals surface area (Å²) in [6.07, 6.45) is 1.75. The number of primary amides is 1. The van der Waals surface area contributed by atoms with E-state index in [-0.39, 0.29) is 6.61 Å². The van der Waals surface area contributed by atoms with Gasteiger partial charge >= 0.3 is 0 Å². The lowest BCUT2D eigenvalue weighted by atomic mass is 9.90. The molecule has 0 radical (unpaired) electrons. The number of methoxy groups -OCH3 is 1. The highest BCUT2D eigenvalue weighted by atomic mass is 16.5. The van der Waals surface area contributed by atoms with Crippen molar-refractivity contribution in [3.63, 3.8) is 0 Å². The van der Waals surface area contributed by atoms with Gasteiger partial charge in [0.1, 0.15) is 17.2 Å². The standard InChI is InChI=1S/C20H23NO4/c1-13-3-6-18(25-12-20(21)22)16(7-13)9-14-8-15-4-5-17(23-2)10-19(15)24-11-14/h3-7,10,14H,8-9,11-12H2,1-2H3,(H2,21,22)/t14-/m0/s1. The van der Waals surface area contributed by atoms with E-state index < -0.39 is 5.91 Å². The summed E-state index contributed by atoms with van der Waals surface area (Å²) in [5.74, 6) is 2.28. The van der Waals surface area contributed by atoms with E-state index in [1.807, 2.05) is 31.2 Å². The zero-order chi connectivity index (χ0) is 17.8. The molecule has 1 heterocycles. The Balaban J connectivity index is 1.74. The van der Waals surface area contributed by atoms with Gasteiger partial charge in [0, 0.05) is 12.0 Å². The monoisotopic (exact) mass is 341 g/mol. The number of benzene rings is 2. The lowest BCUT2D eigenvalue weighted by Crippen LogP contribution is -2.24. The fourth-order valence-electron chi connectivity index (χ4n) is 3.14. The van der Waals surface area contributed by atoms with Crippen LogP contribution in [0.2, 0.25) is 0 Å². The van der Waals surface area contributed by atoms with Gasteiger partial charge < -0.3 is 19.9 Å². The Morgan fingerprint density at radius 2 is 2.12 bits per heavy atom. The molecule has 0 aliphatic carbocycles. The first kappa shape index (κ1) is 17.1. The van der Waals surface area contributed by atoms with Crippen molar-refractivity contribution in [2.45, 2.75) is 19.8 Å². The molecule has 1 atom stereocenters. The van der Waals surface area contributed by atoms with Gasteiger partial charge in [0.15, 0.2) is 6.61 Å². The normalized spacial score (nSPS) is 15.8. The minimum atomic E-state index is -0.476. The van der Waals surface area contributed by atoms with Gasteiger partial charge in [0.05, 0.1) is 13.7 Å². The van der Waals surface area contributed by atoms with Gasteiger partial charge in [-0.25, -0.2) is 0 Å². The Bertz CT molecular complexity index is 772. The summed E-state index contributed by atoms with van der Waals surface area (Å²) in [5, 5.41) is 0. The number of amides is 1. The molecule has 2 aromatic rings. The smallest absolute Gasteiger partial charge is 0.255 e. The molecule has 0 spiro atoms. The molecule has 132 valence electrons. The van der Waals surface area contributed by atoms with E-state index in [0.717, 1.165) is 35.5 Å². The number of ether oxygens (including phenoxy) is 3. The van der Waals surface area contributed by atoms with Gasteiger partial charge in [-0.1, -0.05) is 23.8 Å². The second-order valence-corrected chi connectivity index (χ2v) is 6.43. The Morgan fingerprint density at radius 1 is 1.28 bits per heavy atom. The number of nitrogens with two attached hydrogens (primary N) is 1. The van der Waals surface area contributed by atoms with Crippen LogP contribution in [0.15, 0.2) is 36.4 Å². The Morgan fingerprint density at radius 3 is 2.88 bits per heavy atom. The summed E-state index contributed by atoms with van der Waals surface area (Å²) in [5.41, 5.74) is 8.60. The minimum absolute atomic E-state index is 0.111. The molecule has 0 saturated heterocycles. The molecule has 3 rings (SSSR count). The number of fused-ring (bicyclic) bond motifs is 1. The molecule has 25 heavy (non-hydrogen) atoms. The molecule has 2 aromatic carbocycles. The minimum Gasteiger partial charge on any atom is -0.497 e. The summed E-state index contributed by atoms with van der Waals surface area (Å²) in [7, 11) is 1.65. The number of hydrogen-bond donors (Lipinski definition) is 1. The molecule has 0 bridgehead atoms. The maximum absolute atomic E-state index is 11.0. The molecule has 1 amide bonds. The van der Waals surface area contributed by atoms with Crippen LogP contribution < -0.4 is 19.9 Å². The molecule has 5 nitrogen and oxygen atoms in total. The third-order valence-electron chi connectivity index (χ3n) is 4.35. The molecule has 0 saturated carbocycles. The van der Waals surface area contributed by atoms with Crippen LogP contribution in [0.5, 0.6) is 17.2 Å². The van der Waals surface area contributed by atoms with E-state index in [4.69, 9.17) is 19.9 Å². The molecule has 1 aliphatic heterocycles. The number of rotatable bonds is 6. The van der Waals surface area contributed by atoms with Crippen molar-refractivity contribution in [2.75, 3.05) is 20.3 Å². The van der Waals surface area contributed by atoms with Gasteiger partial charge in [-0.15, -0.1) is 0 Å². The van der Waals surface area contributed by atoms with Crippen LogP contribution in [-0.4, -0.2) is 26.2 Å². The van der Waals surface area contributed by atoms with Crippen molar-refractivity contribution < 1.29 is 19.0 Å². The number of carbonyl (C=O) groups excluding carboxylic acids is 1. The lowest BCUT2D eigenvalue weighted by Gasteiger charge is -2.26. The molecule has 2 N–H and O–H groups in total. The van der Waals surface area contributed by atoms with Gasteiger partial charge in [-0.05, 0) is 43.0 Å². The molecule has 0 unspecified atom stereocenters. The van der Waals surface area contributed by atoms with Crippen LogP contribution >= 0.6 is 0 Å². The molecule has 0 aromatic heterocycles. The summed E-state index contributed by atoms with van der Waals surface area (Å²) in [6, 6.07) is 11.9. The third-order valence-corrected chi connectivity index (χ3v) is 4.35. The van der Waals surface area contributed by atoms with Crippen molar-refractivity contribution in [1.82, 2.24) is 0 Å². The van der Waals surface area contributed by atoms with Crippen LogP contribution in [0.25, 0.3) is 0 Å². The first-order valence-electron chi connectivity index (χ1n) is 8.35. The van der Waals surface area contributed by atoms with Crippen LogP contribution in [0, 0.1) is 12.8 Å². The zero-order valence-corrected chi connectivity index (χ0v) is 14.6. The predicted octanol–water partition coefficient (Wildman–Crippen LogP) is 2.66. The number of carbonyl (C=O) groups is 1. The Kier molecular flexibility index (Phi) is 5.12. The quantitative estimate of drug-likeness (QED) is 0.877. The first-order chi connectivity index (χ1) is 12.0. The lowest BCUT2D eigenvalue weighted by molar-refractivity contribution is -0.119. The van der Waals surface area contributed by atoms with Gasteiger partial charge in [0.2, 0.25) is 0 Å². The van der Waals surface area contributed by atoms with Crippen LogP contribution in [0.1, 0.15) is 16.7 Å². The summed E-state index contributed by atoms with van der Waals surface area (Å²) in [6.45, 7) is 2.57. The summed E-state index contributed by atoms with van der Waals surface area (Å²) in [4.78, 5) is 11.0. The summed E-state index contributed by atoms with van der Waals surface area (Å²) < 4.78 is 16.7. The van der Waals surface area contributed by atoms with Gasteiger partial charge in [-0.3, -0.25) is 4.79 Å². The van der Waals surface area contributed by atoms with Crippen LogP contribution in [-0.2, 0) is 17.6 Å². The second kappa shape index (κ2) is 7.47. The Labute approximate surface area is 147 Å². The highest BCUT2D eigenvalue weighted by Gasteiger charge is 2.22. The number of aryl methyl sites for hydroxylation is 1. The van der Waals surface area contributed by atoms with E-state index in [0.29, 0.717) is 18.3 Å². The molecule has 0 fully saturated rings. The van der Waals surface area contributed by atoms with Crippen molar-refractivity contribution in [1.29, 1.82) is 0 Å². The zero-order valence-electron chi connectivity index (χ0n) is 14.6. The van der Waals surface area contributed by atoms with Crippen molar-refractivity contribution in [2.24, 2.45) is 11.7 Å². The highest BCUT2D eigenvalue weighted by Crippen LogP contribution is 2.33. The fourth-order valence-corrected chi connectivity index (χ4v) is 3.14. The first-order valence-corrected chi connectivity index (χ1v) is 8.35. The largest absolute Gasteiger partial charge is 0.497 e. The second-order valence-electron chi connectivity index (χ2n) is 6.43. The van der Waals surface area contributed by atoms with Crippen LogP contribution in [0.3, 0.4) is 0 Å². The molecule has 5 heteroatoms. The Hall–Kier alpha value is -2.69. The van der Waals surface area contributed by atoms with Gasteiger partial charge in [0.25, 0.3) is 5.91 Å². The van der Waals surface area contributed by atoms with E-state index in [9.17, 15) is 4.79 Å². The molecule has 1 aliphatic rings. The summed E-state index contributed by atoms with van der Waals surface area (Å²) >= 11 is 0. The maximum atomic E-state index is 11.0. The van der Waals surface area contributed by atoms with Crippen LogP contribution in [0.4, 0.5) is 0 Å². The maximum Gasteiger partial charge on any atom is 0.255 e. The molecular weight excluding hydrogens is 318 g/mol. The van der Waals surface area contributed by atoms with E-state index in [1.165, 1.54) is 5.56 Å². The van der Waals surface area contributed by atoms with Gasteiger partial charge in [-0.2, -0.15) is 0 Å². The van der Waals surface area contributed by atoms with Crippen molar-refractivity contribution in [3.8, 4) is 17.2 Å². The average molecular weight is 341 g/mol. The molecular formula is C20H23NO4. The van der Waals surface area contributed by atoms with E-state index in [1.54, 1.807) is 7.11 Å². The highest BCUT2D eigenvalue weighted by molar-refractivity contribution is 5.75. The topological polar surface area (TPSA) is 70.8 Å². The average Bonchev–Trinajstić information content (AvgIpc) is 2.60. The third kappa shape index (κ3) is 4.24.